The second-order valence-corrected chi connectivity index (χ2v) is 12.1. The molecule has 1 saturated carbocycles. The number of likely N-dealkylation sites (tertiary alicyclic amines) is 2. The number of rotatable bonds is 10. The predicted octanol–water partition coefficient (Wildman–Crippen LogP) is 3.87. The molecule has 1 aromatic carbocycles. The van der Waals surface area contributed by atoms with Crippen molar-refractivity contribution in [1.29, 1.82) is 0 Å². The number of thioether (sulfide) groups is 1. The number of aldehydes is 1. The van der Waals surface area contributed by atoms with E-state index < -0.39 is 5.54 Å². The van der Waals surface area contributed by atoms with E-state index in [1.54, 1.807) is 23.7 Å². The first-order valence-corrected chi connectivity index (χ1v) is 14.6. The minimum absolute atomic E-state index is 0.131. The number of hydrogen-bond donors (Lipinski definition) is 1. The number of hydrogen-bond acceptors (Lipinski definition) is 5. The van der Waals surface area contributed by atoms with Gasteiger partial charge in [0.05, 0.1) is 5.54 Å². The standard InChI is InChI=1S/C28H42N4O3S/c1-21-17-32(26(34)16-22-4-5-22)20-24(21)19-31-13-10-28(11-14-31,12-15-33)29-27(35)30(2)18-23-6-8-25(36-3)9-7-23/h6-9,15,21-22,24H,4-5,10-14,16-20H2,1-3H3,(H,29,35)/t21?,24-/m0/s1. The van der Waals surface area contributed by atoms with E-state index in [1.807, 2.05) is 6.26 Å². The van der Waals surface area contributed by atoms with E-state index in [9.17, 15) is 14.4 Å². The summed E-state index contributed by atoms with van der Waals surface area (Å²) in [5.41, 5.74) is 0.597. The maximum atomic E-state index is 13.0. The summed E-state index contributed by atoms with van der Waals surface area (Å²) in [6, 6.07) is 8.12. The Morgan fingerprint density at radius 1 is 1.17 bits per heavy atom. The third-order valence-electron chi connectivity index (χ3n) is 8.36. The van der Waals surface area contributed by atoms with Gasteiger partial charge in [0.15, 0.2) is 0 Å². The smallest absolute Gasteiger partial charge is 0.317 e. The Morgan fingerprint density at radius 2 is 1.86 bits per heavy atom. The third-order valence-corrected chi connectivity index (χ3v) is 9.10. The summed E-state index contributed by atoms with van der Waals surface area (Å²) in [5, 5.41) is 3.22. The monoisotopic (exact) mass is 514 g/mol. The predicted molar refractivity (Wildman–Crippen MR) is 144 cm³/mol. The Labute approximate surface area is 220 Å². The summed E-state index contributed by atoms with van der Waals surface area (Å²) in [5.74, 6) is 1.97. The molecule has 3 fully saturated rings. The lowest BCUT2D eigenvalue weighted by molar-refractivity contribution is -0.130. The van der Waals surface area contributed by atoms with Crippen LogP contribution in [0.2, 0.25) is 0 Å². The fourth-order valence-corrected chi connectivity index (χ4v) is 6.02. The lowest BCUT2D eigenvalue weighted by Gasteiger charge is -2.43. The molecule has 2 aliphatic heterocycles. The summed E-state index contributed by atoms with van der Waals surface area (Å²) in [7, 11) is 1.80. The van der Waals surface area contributed by atoms with Gasteiger partial charge in [-0.05, 0) is 67.4 Å². The molecule has 3 aliphatic rings. The highest BCUT2D eigenvalue weighted by Crippen LogP contribution is 2.35. The highest BCUT2D eigenvalue weighted by Gasteiger charge is 2.39. The van der Waals surface area contributed by atoms with Gasteiger partial charge in [0.2, 0.25) is 5.91 Å². The van der Waals surface area contributed by atoms with E-state index in [2.05, 4.69) is 46.3 Å². The normalized spacial score (nSPS) is 23.9. The van der Waals surface area contributed by atoms with Crippen molar-refractivity contribution < 1.29 is 14.4 Å². The number of nitrogens with one attached hydrogen (secondary N) is 1. The first kappa shape index (κ1) is 27.0. The van der Waals surface area contributed by atoms with Crippen molar-refractivity contribution in [2.45, 2.75) is 62.4 Å². The van der Waals surface area contributed by atoms with Crippen molar-refractivity contribution >= 4 is 30.0 Å². The number of nitrogens with zero attached hydrogens (tertiary/aromatic N) is 3. The maximum absolute atomic E-state index is 13.0. The molecule has 2 saturated heterocycles. The van der Waals surface area contributed by atoms with Crippen LogP contribution in [0.5, 0.6) is 0 Å². The van der Waals surface area contributed by atoms with Gasteiger partial charge < -0.3 is 24.8 Å². The molecule has 1 aromatic rings. The van der Waals surface area contributed by atoms with E-state index in [0.29, 0.717) is 36.6 Å². The van der Waals surface area contributed by atoms with Crippen molar-refractivity contribution in [2.24, 2.45) is 17.8 Å². The Kier molecular flexibility index (Phi) is 8.99. The zero-order valence-corrected chi connectivity index (χ0v) is 22.9. The van der Waals surface area contributed by atoms with Crippen LogP contribution in [0, 0.1) is 17.8 Å². The minimum Gasteiger partial charge on any atom is -0.342 e. The second kappa shape index (κ2) is 12.0. The van der Waals surface area contributed by atoms with Gasteiger partial charge in [0.1, 0.15) is 6.29 Å². The Morgan fingerprint density at radius 3 is 2.47 bits per heavy atom. The van der Waals surface area contributed by atoms with Crippen LogP contribution in [0.25, 0.3) is 0 Å². The summed E-state index contributed by atoms with van der Waals surface area (Å²) in [6.45, 7) is 7.22. The molecule has 2 atom stereocenters. The fraction of sp³-hybridized carbons (Fsp3) is 0.679. The molecule has 1 unspecified atom stereocenters. The van der Waals surface area contributed by atoms with Gasteiger partial charge in [-0.1, -0.05) is 19.1 Å². The maximum Gasteiger partial charge on any atom is 0.317 e. The number of piperidine rings is 1. The molecule has 0 bridgehead atoms. The van der Waals surface area contributed by atoms with Crippen LogP contribution in [0.15, 0.2) is 29.2 Å². The van der Waals surface area contributed by atoms with Crippen molar-refractivity contribution in [1.82, 2.24) is 20.0 Å². The molecule has 0 aromatic heterocycles. The van der Waals surface area contributed by atoms with Crippen molar-refractivity contribution in [3.05, 3.63) is 29.8 Å². The van der Waals surface area contributed by atoms with E-state index in [4.69, 9.17) is 0 Å². The quantitative estimate of drug-likeness (QED) is 0.379. The third kappa shape index (κ3) is 7.03. The number of carbonyl (C=O) groups is 3. The van der Waals surface area contributed by atoms with Gasteiger partial charge in [-0.2, -0.15) is 0 Å². The molecular weight excluding hydrogens is 472 g/mol. The Hall–Kier alpha value is -2.06. The van der Waals surface area contributed by atoms with Gasteiger partial charge in [-0.25, -0.2) is 4.79 Å². The summed E-state index contributed by atoms with van der Waals surface area (Å²) < 4.78 is 0. The van der Waals surface area contributed by atoms with Crippen molar-refractivity contribution in [3.63, 3.8) is 0 Å². The lowest BCUT2D eigenvalue weighted by Crippen LogP contribution is -2.58. The number of amides is 3. The Balaban J connectivity index is 1.26. The topological polar surface area (TPSA) is 73.0 Å². The van der Waals surface area contributed by atoms with Crippen LogP contribution in [0.1, 0.15) is 51.0 Å². The molecule has 2 heterocycles. The van der Waals surface area contributed by atoms with Gasteiger partial charge in [-0.3, -0.25) is 4.79 Å². The highest BCUT2D eigenvalue weighted by atomic mass is 32.2. The number of urea groups is 1. The van der Waals surface area contributed by atoms with Crippen molar-refractivity contribution in [2.75, 3.05) is 46.0 Å². The van der Waals surface area contributed by atoms with E-state index in [1.165, 1.54) is 17.7 Å². The van der Waals surface area contributed by atoms with Crippen LogP contribution in [0.4, 0.5) is 4.79 Å². The first-order valence-electron chi connectivity index (χ1n) is 13.4. The van der Waals surface area contributed by atoms with E-state index >= 15 is 0 Å². The van der Waals surface area contributed by atoms with Crippen LogP contribution in [-0.4, -0.2) is 84.5 Å². The molecule has 36 heavy (non-hydrogen) atoms. The molecule has 0 spiro atoms. The van der Waals surface area contributed by atoms with E-state index in [-0.39, 0.29) is 6.03 Å². The zero-order valence-electron chi connectivity index (χ0n) is 22.1. The average Bonchev–Trinajstić information content (AvgIpc) is 3.61. The molecule has 1 N–H and O–H groups in total. The van der Waals surface area contributed by atoms with Crippen LogP contribution in [0.3, 0.4) is 0 Å². The van der Waals surface area contributed by atoms with Crippen LogP contribution >= 0.6 is 11.8 Å². The summed E-state index contributed by atoms with van der Waals surface area (Å²) in [6.07, 6.45) is 8.02. The second-order valence-electron chi connectivity index (χ2n) is 11.3. The molecule has 8 heteroatoms. The molecule has 3 amide bonds. The van der Waals surface area contributed by atoms with Gasteiger partial charge >= 0.3 is 6.03 Å². The molecule has 0 radical (unpaired) electrons. The van der Waals surface area contributed by atoms with E-state index in [0.717, 1.165) is 63.8 Å². The average molecular weight is 515 g/mol. The van der Waals surface area contributed by atoms with Gasteiger partial charge in [0, 0.05) is 64.1 Å². The molecular formula is C28H42N4O3S. The highest BCUT2D eigenvalue weighted by molar-refractivity contribution is 7.98. The van der Waals surface area contributed by atoms with Crippen molar-refractivity contribution in [3.8, 4) is 0 Å². The zero-order chi connectivity index (χ0) is 25.7. The fourth-order valence-electron chi connectivity index (χ4n) is 5.61. The summed E-state index contributed by atoms with van der Waals surface area (Å²) in [4.78, 5) is 44.6. The Bertz CT molecular complexity index is 912. The SMILES string of the molecule is CSc1ccc(CN(C)C(=O)NC2(CC=O)CCN(C[C@H]3CN(C(=O)CC4CC4)CC3C)CC2)cc1. The molecule has 7 nitrogen and oxygen atoms in total. The minimum atomic E-state index is -0.486. The van der Waals surface area contributed by atoms with Crippen LogP contribution in [-0.2, 0) is 16.1 Å². The summed E-state index contributed by atoms with van der Waals surface area (Å²) >= 11 is 1.70. The van der Waals surface area contributed by atoms with Gasteiger partial charge in [0.25, 0.3) is 0 Å². The number of carbonyl (C=O) groups excluding carboxylic acids is 3. The van der Waals surface area contributed by atoms with Crippen LogP contribution < -0.4 is 5.32 Å². The van der Waals surface area contributed by atoms with Gasteiger partial charge in [-0.15, -0.1) is 11.8 Å². The molecule has 198 valence electrons. The lowest BCUT2D eigenvalue weighted by atomic mass is 9.84. The first-order chi connectivity index (χ1) is 17.3. The molecule has 4 rings (SSSR count). The molecule has 1 aliphatic carbocycles. The number of benzene rings is 1. The largest absolute Gasteiger partial charge is 0.342 e.